The van der Waals surface area contributed by atoms with E-state index in [1.807, 2.05) is 78.6 Å². The first kappa shape index (κ1) is 52.0. The lowest BCUT2D eigenvalue weighted by Gasteiger charge is -2.32. The average Bonchev–Trinajstić information content (AvgIpc) is 4.10. The van der Waals surface area contributed by atoms with E-state index in [0.29, 0.717) is 81.4 Å². The third-order valence-electron chi connectivity index (χ3n) is 12.9. The molecule has 7 heterocycles. The Morgan fingerprint density at radius 2 is 1.03 bits per heavy atom. The fourth-order valence-corrected chi connectivity index (χ4v) is 10.8. The summed E-state index contributed by atoms with van der Waals surface area (Å²) in [5.74, 6) is 0.923. The first-order valence-electron chi connectivity index (χ1n) is 23.8. The van der Waals surface area contributed by atoms with Gasteiger partial charge in [0.25, 0.3) is 0 Å². The minimum absolute atomic E-state index is 0.129. The highest BCUT2D eigenvalue weighted by Gasteiger charge is 2.52. The quantitative estimate of drug-likeness (QED) is 0.141. The van der Waals surface area contributed by atoms with Gasteiger partial charge in [-0.1, -0.05) is 12.1 Å². The summed E-state index contributed by atoms with van der Waals surface area (Å²) in [6.45, 7) is 11.3. The molecular formula is C50H57BN12O9S2. The van der Waals surface area contributed by atoms with Crippen LogP contribution in [0, 0.1) is 0 Å². The van der Waals surface area contributed by atoms with Gasteiger partial charge in [-0.25, -0.2) is 36.8 Å². The van der Waals surface area contributed by atoms with Gasteiger partial charge in [0.15, 0.2) is 0 Å². The molecule has 0 atom stereocenters. The number of phenolic OH excluding ortho intramolecular Hbond substituents is 1. The van der Waals surface area contributed by atoms with Gasteiger partial charge < -0.3 is 34.5 Å². The van der Waals surface area contributed by atoms with E-state index in [2.05, 4.69) is 40.8 Å². The van der Waals surface area contributed by atoms with Gasteiger partial charge in [-0.2, -0.15) is 18.8 Å². The molecular weight excluding hydrogens is 988 g/mol. The van der Waals surface area contributed by atoms with E-state index in [4.69, 9.17) is 18.8 Å². The van der Waals surface area contributed by atoms with Gasteiger partial charge in [-0.3, -0.25) is 9.36 Å². The number of anilines is 4. The Balaban J connectivity index is 0.000000145. The normalized spacial score (nSPS) is 17.0. The van der Waals surface area contributed by atoms with Crippen LogP contribution in [0.25, 0.3) is 32.9 Å². The zero-order chi connectivity index (χ0) is 52.3. The lowest BCUT2D eigenvalue weighted by molar-refractivity contribution is 0.00578. The topological polar surface area (TPSA) is 243 Å². The fourth-order valence-electron chi connectivity index (χ4n) is 8.00. The smallest absolute Gasteiger partial charge is 0.498 e. The first-order valence-corrected chi connectivity index (χ1v) is 26.7. The molecule has 4 aromatic heterocycles. The predicted molar refractivity (Wildman–Crippen MR) is 280 cm³/mol. The number of nitrogens with one attached hydrogen (secondary N) is 2. The van der Waals surface area contributed by atoms with Crippen LogP contribution in [-0.4, -0.2) is 141 Å². The van der Waals surface area contributed by atoms with Gasteiger partial charge in [0.05, 0.1) is 64.7 Å². The Morgan fingerprint density at radius 1 is 0.568 bits per heavy atom. The van der Waals surface area contributed by atoms with Crippen molar-refractivity contribution in [3.8, 4) is 16.9 Å². The van der Waals surface area contributed by atoms with Crippen molar-refractivity contribution in [3.63, 3.8) is 0 Å². The molecule has 74 heavy (non-hydrogen) atoms. The molecule has 0 saturated carbocycles. The number of ether oxygens (including phenoxy) is 2. The number of benzene rings is 4. The number of hydrogen-bond acceptors (Lipinski definition) is 17. The Kier molecular flexibility index (Phi) is 15.1. The molecule has 4 aromatic carbocycles. The molecule has 24 heteroatoms. The van der Waals surface area contributed by atoms with Crippen LogP contribution < -0.4 is 16.1 Å². The SMILES string of the molecule is Cn1cc(-c2ccc3cnc(Nc4ccc(S(=O)(=O)N5CCOCC5)cc4)nc3c2)cn1.Cn1cc(B2OC(C)(C)C(C)(C)O2)cn1.O=S(=O)(c1ccc(Nc2ncc3ccc(O)cc3n2)cc1)N1CCOCC1. The molecule has 3 N–H and O–H groups in total. The van der Waals surface area contributed by atoms with Crippen molar-refractivity contribution in [2.45, 2.75) is 48.7 Å². The van der Waals surface area contributed by atoms with Gasteiger partial charge in [-0.05, 0) is 100.0 Å². The molecule has 3 saturated heterocycles. The monoisotopic (exact) mass is 1040 g/mol. The molecule has 3 aliphatic heterocycles. The van der Waals surface area contributed by atoms with E-state index >= 15 is 0 Å². The van der Waals surface area contributed by atoms with Crippen molar-refractivity contribution in [3.05, 3.63) is 122 Å². The number of morpholine rings is 2. The molecule has 3 fully saturated rings. The van der Waals surface area contributed by atoms with Crippen LogP contribution in [0.4, 0.5) is 23.3 Å². The summed E-state index contributed by atoms with van der Waals surface area (Å²) >= 11 is 0. The molecule has 3 aliphatic rings. The molecule has 0 aliphatic carbocycles. The number of fused-ring (bicyclic) bond motifs is 2. The first-order chi connectivity index (χ1) is 35.3. The molecule has 0 unspecified atom stereocenters. The van der Waals surface area contributed by atoms with Crippen LogP contribution in [0.2, 0.25) is 0 Å². The van der Waals surface area contributed by atoms with Gasteiger partial charge in [0, 0.05) is 110 Å². The molecule has 11 rings (SSSR count). The molecule has 0 radical (unpaired) electrons. The summed E-state index contributed by atoms with van der Waals surface area (Å²) in [5.41, 5.74) is 5.21. The minimum atomic E-state index is -3.52. The maximum atomic E-state index is 12.8. The lowest BCUT2D eigenvalue weighted by Crippen LogP contribution is -2.41. The second kappa shape index (κ2) is 21.5. The third-order valence-corrected chi connectivity index (χ3v) is 16.7. The number of hydrogen-bond donors (Lipinski definition) is 3. The number of rotatable bonds is 10. The summed E-state index contributed by atoms with van der Waals surface area (Å²) < 4.78 is 79.4. The fraction of sp³-hybridized carbons (Fsp3) is 0.320. The van der Waals surface area contributed by atoms with Crippen molar-refractivity contribution in [2.24, 2.45) is 14.1 Å². The highest BCUT2D eigenvalue weighted by atomic mass is 32.2. The third kappa shape index (κ3) is 11.9. The number of aromatic nitrogens is 8. The number of sulfonamides is 2. The van der Waals surface area contributed by atoms with E-state index in [1.54, 1.807) is 94.7 Å². The van der Waals surface area contributed by atoms with Crippen molar-refractivity contribution in [1.29, 1.82) is 0 Å². The molecule has 0 bridgehead atoms. The summed E-state index contributed by atoms with van der Waals surface area (Å²) in [7, 11) is -3.58. The summed E-state index contributed by atoms with van der Waals surface area (Å²) in [6, 6.07) is 23.9. The van der Waals surface area contributed by atoms with Crippen molar-refractivity contribution >= 4 is 77.7 Å². The Labute approximate surface area is 429 Å². The Morgan fingerprint density at radius 3 is 1.49 bits per heavy atom. The van der Waals surface area contributed by atoms with Gasteiger partial charge in [-0.15, -0.1) is 0 Å². The second-order valence-electron chi connectivity index (χ2n) is 18.7. The number of aromatic hydroxyl groups is 1. The van der Waals surface area contributed by atoms with E-state index in [9.17, 15) is 21.9 Å². The van der Waals surface area contributed by atoms with Crippen molar-refractivity contribution < 1.29 is 40.7 Å². The molecule has 21 nitrogen and oxygen atoms in total. The molecule has 0 amide bonds. The van der Waals surface area contributed by atoms with Crippen molar-refractivity contribution in [1.82, 2.24) is 48.1 Å². The minimum Gasteiger partial charge on any atom is -0.508 e. The maximum absolute atomic E-state index is 12.8. The number of aryl methyl sites for hydroxylation is 2. The Bertz CT molecular complexity index is 3460. The highest BCUT2D eigenvalue weighted by Crippen LogP contribution is 2.36. The van der Waals surface area contributed by atoms with Gasteiger partial charge in [0.1, 0.15) is 5.75 Å². The predicted octanol–water partition coefficient (Wildman–Crippen LogP) is 5.61. The summed E-state index contributed by atoms with van der Waals surface area (Å²) in [4.78, 5) is 18.1. The van der Waals surface area contributed by atoms with Crippen LogP contribution in [0.1, 0.15) is 27.7 Å². The van der Waals surface area contributed by atoms with Gasteiger partial charge in [0.2, 0.25) is 31.9 Å². The molecule has 386 valence electrons. The van der Waals surface area contributed by atoms with Crippen LogP contribution >= 0.6 is 0 Å². The lowest BCUT2D eigenvalue weighted by atomic mass is 9.82. The summed E-state index contributed by atoms with van der Waals surface area (Å²) in [5, 5.41) is 25.8. The van der Waals surface area contributed by atoms with Gasteiger partial charge >= 0.3 is 7.12 Å². The van der Waals surface area contributed by atoms with Crippen LogP contribution in [0.15, 0.2) is 132 Å². The largest absolute Gasteiger partial charge is 0.508 e. The van der Waals surface area contributed by atoms with Crippen molar-refractivity contribution in [2.75, 3.05) is 63.2 Å². The average molecular weight is 1050 g/mol. The zero-order valence-electron chi connectivity index (χ0n) is 41.8. The van der Waals surface area contributed by atoms with Crippen LogP contribution in [0.3, 0.4) is 0 Å². The van der Waals surface area contributed by atoms with Crippen LogP contribution in [-0.2, 0) is 52.9 Å². The maximum Gasteiger partial charge on any atom is 0.498 e. The van der Waals surface area contributed by atoms with E-state index in [1.165, 1.54) is 8.61 Å². The highest BCUT2D eigenvalue weighted by molar-refractivity contribution is 7.89. The Hall–Kier alpha value is -6.90. The molecule has 0 spiro atoms. The van der Waals surface area contributed by atoms with E-state index in [0.717, 1.165) is 32.9 Å². The standard InChI is InChI=1S/C22H22N6O3S.C18H18N4O4S.C10H17BN2O2/c1-27-15-18(14-24-27)16-2-3-17-13-23-22(26-21(17)12-16)25-19-4-6-20(7-5-19)32(29,30)28-8-10-31-11-9-28;23-15-4-1-13-12-19-18(21-17(13)11-15)20-14-2-5-16(6-3-14)27(24,25)22-7-9-26-10-8-22;1-9(2)10(3,4)15-11(14-9)8-6-12-13(5)7-8/h2-7,12-15H,8-11H2,1H3,(H,23,25,26);1-6,11-12,23H,7-10H2,(H,19,20,21);6-7H,1-5H3. The molecule has 8 aromatic rings. The van der Waals surface area contributed by atoms with E-state index in [-0.39, 0.29) is 33.9 Å². The number of phenols is 1. The van der Waals surface area contributed by atoms with Crippen LogP contribution in [0.5, 0.6) is 5.75 Å². The zero-order valence-corrected chi connectivity index (χ0v) is 43.4. The van der Waals surface area contributed by atoms with E-state index < -0.39 is 20.0 Å². The second-order valence-corrected chi connectivity index (χ2v) is 22.5. The number of nitrogens with zero attached hydrogens (tertiary/aromatic N) is 10. The summed E-state index contributed by atoms with van der Waals surface area (Å²) in [6.07, 6.45) is 10.9.